The van der Waals surface area contributed by atoms with E-state index in [1.165, 1.54) is 0 Å². The van der Waals surface area contributed by atoms with Crippen molar-refractivity contribution in [2.45, 2.75) is 19.3 Å². The molecule has 4 N–H and O–H groups in total. The van der Waals surface area contributed by atoms with Gasteiger partial charge in [0.25, 0.3) is 0 Å². The highest BCUT2D eigenvalue weighted by atomic mass is 16.1. The molecule has 0 saturated carbocycles. The highest BCUT2D eigenvalue weighted by molar-refractivity contribution is 5.92. The Morgan fingerprint density at radius 2 is 1.23 bits per heavy atom. The number of carbonyl (C=O) groups is 2. The van der Waals surface area contributed by atoms with Crippen molar-refractivity contribution in [2.24, 2.45) is 11.5 Å². The number of hydrogen-bond donors (Lipinski definition) is 2. The maximum Gasteiger partial charge on any atom is 0.244 e. The highest BCUT2D eigenvalue weighted by Crippen LogP contribution is 2.08. The van der Waals surface area contributed by atoms with Gasteiger partial charge in [0, 0.05) is 11.1 Å². The van der Waals surface area contributed by atoms with Gasteiger partial charge in [-0.15, -0.1) is 0 Å². The second-order valence-corrected chi connectivity index (χ2v) is 2.79. The second-order valence-electron chi connectivity index (χ2n) is 2.79. The summed E-state index contributed by atoms with van der Waals surface area (Å²) >= 11 is 0. The molecule has 4 nitrogen and oxygen atoms in total. The topological polar surface area (TPSA) is 86.2 Å². The fourth-order valence-electron chi connectivity index (χ4n) is 0.762. The van der Waals surface area contributed by atoms with Crippen molar-refractivity contribution in [1.82, 2.24) is 0 Å². The average Bonchev–Trinajstić information content (AvgIpc) is 2.03. The maximum absolute atomic E-state index is 10.5. The number of hydrogen-bond acceptors (Lipinski definition) is 2. The Morgan fingerprint density at radius 1 is 0.923 bits per heavy atom. The van der Waals surface area contributed by atoms with Crippen LogP contribution in [0.15, 0.2) is 24.3 Å². The van der Waals surface area contributed by atoms with Gasteiger partial charge < -0.3 is 11.5 Å². The molecular formula is C9H14N2O2. The minimum Gasteiger partial charge on any atom is -0.366 e. The zero-order chi connectivity index (χ0) is 10.4. The van der Waals surface area contributed by atoms with Gasteiger partial charge in [0.15, 0.2) is 0 Å². The summed E-state index contributed by atoms with van der Waals surface area (Å²) in [5.41, 5.74) is 10.6. The van der Waals surface area contributed by atoms with Crippen molar-refractivity contribution < 1.29 is 9.59 Å². The molecule has 0 saturated heterocycles. The Morgan fingerprint density at radius 3 is 1.46 bits per heavy atom. The smallest absolute Gasteiger partial charge is 0.244 e. The summed E-state index contributed by atoms with van der Waals surface area (Å²) in [6.45, 7) is 6.95. The van der Waals surface area contributed by atoms with E-state index in [1.54, 1.807) is 0 Å². The second kappa shape index (κ2) is 5.13. The molecule has 0 aliphatic rings. The molecule has 0 aliphatic heterocycles. The van der Waals surface area contributed by atoms with Crippen LogP contribution in [0, 0.1) is 0 Å². The fraction of sp³-hybridized carbons (Fsp3) is 0.333. The molecule has 0 aliphatic carbocycles. The first kappa shape index (κ1) is 11.4. The molecule has 4 heteroatoms. The molecule has 0 heterocycles. The normalized spacial score (nSPS) is 9.23. The monoisotopic (exact) mass is 182 g/mol. The fourth-order valence-corrected chi connectivity index (χ4v) is 0.762. The van der Waals surface area contributed by atoms with Crippen LogP contribution in [0.5, 0.6) is 0 Å². The molecule has 72 valence electrons. The Balaban J connectivity index is 3.69. The molecule has 2 amide bonds. The van der Waals surface area contributed by atoms with Crippen LogP contribution in [0.3, 0.4) is 0 Å². The lowest BCUT2D eigenvalue weighted by molar-refractivity contribution is -0.115. The third-order valence-corrected chi connectivity index (χ3v) is 1.65. The van der Waals surface area contributed by atoms with E-state index in [2.05, 4.69) is 13.2 Å². The molecule has 0 spiro atoms. The Labute approximate surface area is 77.3 Å². The van der Waals surface area contributed by atoms with E-state index in [9.17, 15) is 9.59 Å². The maximum atomic E-state index is 10.5. The van der Waals surface area contributed by atoms with Gasteiger partial charge >= 0.3 is 0 Å². The van der Waals surface area contributed by atoms with E-state index in [-0.39, 0.29) is 0 Å². The Kier molecular flexibility index (Phi) is 4.51. The van der Waals surface area contributed by atoms with E-state index < -0.39 is 11.8 Å². The van der Waals surface area contributed by atoms with Crippen molar-refractivity contribution in [3.05, 3.63) is 24.3 Å². The quantitative estimate of drug-likeness (QED) is 0.576. The third kappa shape index (κ3) is 4.79. The number of rotatable bonds is 6. The summed E-state index contributed by atoms with van der Waals surface area (Å²) in [4.78, 5) is 21.0. The molecule has 0 bridgehead atoms. The summed E-state index contributed by atoms with van der Waals surface area (Å²) in [6, 6.07) is 0. The zero-order valence-corrected chi connectivity index (χ0v) is 7.51. The van der Waals surface area contributed by atoms with Gasteiger partial charge in [-0.3, -0.25) is 9.59 Å². The van der Waals surface area contributed by atoms with E-state index >= 15 is 0 Å². The van der Waals surface area contributed by atoms with Crippen LogP contribution in [0.25, 0.3) is 0 Å². The molecule has 0 aromatic heterocycles. The van der Waals surface area contributed by atoms with E-state index in [0.29, 0.717) is 30.4 Å². The minimum absolute atomic E-state index is 0.359. The van der Waals surface area contributed by atoms with Gasteiger partial charge in [-0.1, -0.05) is 13.2 Å². The molecule has 0 atom stereocenters. The van der Waals surface area contributed by atoms with Crippen LogP contribution >= 0.6 is 0 Å². The third-order valence-electron chi connectivity index (χ3n) is 1.65. The molecule has 0 rings (SSSR count). The first-order chi connectivity index (χ1) is 5.95. The van der Waals surface area contributed by atoms with Crippen LogP contribution in [0.4, 0.5) is 0 Å². The minimum atomic E-state index is -0.510. The summed E-state index contributed by atoms with van der Waals surface area (Å²) in [7, 11) is 0. The van der Waals surface area contributed by atoms with Gasteiger partial charge in [0.1, 0.15) is 0 Å². The van der Waals surface area contributed by atoms with Crippen molar-refractivity contribution in [3.8, 4) is 0 Å². The van der Waals surface area contributed by atoms with Gasteiger partial charge in [-0.25, -0.2) is 0 Å². The average molecular weight is 182 g/mol. The van der Waals surface area contributed by atoms with Gasteiger partial charge in [0.05, 0.1) is 0 Å². The van der Waals surface area contributed by atoms with Crippen LogP contribution in [0.2, 0.25) is 0 Å². The lowest BCUT2D eigenvalue weighted by Gasteiger charge is -2.01. The Bertz CT molecular complexity index is 230. The SMILES string of the molecule is C=C(CCCC(=C)C(N)=O)C(N)=O. The molecule has 0 radical (unpaired) electrons. The van der Waals surface area contributed by atoms with E-state index in [0.717, 1.165) is 0 Å². The van der Waals surface area contributed by atoms with Crippen LogP contribution < -0.4 is 11.5 Å². The number of primary amides is 2. The lowest BCUT2D eigenvalue weighted by Crippen LogP contribution is -2.14. The summed E-state index contributed by atoms with van der Waals surface area (Å²) in [5, 5.41) is 0. The predicted molar refractivity (Wildman–Crippen MR) is 50.5 cm³/mol. The van der Waals surface area contributed by atoms with Crippen molar-refractivity contribution in [1.29, 1.82) is 0 Å². The molecule has 13 heavy (non-hydrogen) atoms. The summed E-state index contributed by atoms with van der Waals surface area (Å²) in [6.07, 6.45) is 1.56. The van der Waals surface area contributed by atoms with Crippen LogP contribution in [-0.4, -0.2) is 11.8 Å². The molecule has 0 aromatic carbocycles. The first-order valence-corrected chi connectivity index (χ1v) is 3.90. The first-order valence-electron chi connectivity index (χ1n) is 3.90. The number of amides is 2. The van der Waals surface area contributed by atoms with Crippen molar-refractivity contribution >= 4 is 11.8 Å². The Hall–Kier alpha value is -1.58. The lowest BCUT2D eigenvalue weighted by atomic mass is 10.1. The predicted octanol–water partition coefficient (Wildman–Crippen LogP) is 0.240. The van der Waals surface area contributed by atoms with Gasteiger partial charge in [-0.05, 0) is 19.3 Å². The van der Waals surface area contributed by atoms with Crippen LogP contribution in [-0.2, 0) is 9.59 Å². The highest BCUT2D eigenvalue weighted by Gasteiger charge is 2.04. The standard InChI is InChI=1S/C9H14N2O2/c1-6(8(10)12)4-3-5-7(2)9(11)13/h1-5H2,(H2,10,12)(H2,11,13). The van der Waals surface area contributed by atoms with E-state index in [1.807, 2.05) is 0 Å². The molecular weight excluding hydrogens is 168 g/mol. The zero-order valence-electron chi connectivity index (χ0n) is 7.51. The van der Waals surface area contributed by atoms with Crippen molar-refractivity contribution in [3.63, 3.8) is 0 Å². The number of nitrogens with two attached hydrogens (primary N) is 2. The van der Waals surface area contributed by atoms with Crippen molar-refractivity contribution in [2.75, 3.05) is 0 Å². The molecule has 0 unspecified atom stereocenters. The largest absolute Gasteiger partial charge is 0.366 e. The van der Waals surface area contributed by atoms with Crippen LogP contribution in [0.1, 0.15) is 19.3 Å². The van der Waals surface area contributed by atoms with E-state index in [4.69, 9.17) is 11.5 Å². The summed E-state index contributed by atoms with van der Waals surface area (Å²) < 4.78 is 0. The summed E-state index contributed by atoms with van der Waals surface area (Å²) in [5.74, 6) is -1.02. The van der Waals surface area contributed by atoms with Gasteiger partial charge in [0.2, 0.25) is 11.8 Å². The molecule has 0 aromatic rings. The van der Waals surface area contributed by atoms with Gasteiger partial charge in [-0.2, -0.15) is 0 Å². The number of carbonyl (C=O) groups excluding carboxylic acids is 2. The molecule has 0 fully saturated rings.